The molecule has 1 aromatic heterocycles. The monoisotopic (exact) mass is 433 g/mol. The van der Waals surface area contributed by atoms with Gasteiger partial charge in [0, 0.05) is 5.92 Å². The van der Waals surface area contributed by atoms with Gasteiger partial charge in [-0.15, -0.1) is 0 Å². The highest BCUT2D eigenvalue weighted by molar-refractivity contribution is 5.90. The van der Waals surface area contributed by atoms with Crippen LogP contribution in [0.3, 0.4) is 0 Å². The number of carbonyl (C=O) groups excluding carboxylic acids is 1. The number of alkyl halides is 3. The third-order valence-corrected chi connectivity index (χ3v) is 4.97. The van der Waals surface area contributed by atoms with Gasteiger partial charge in [-0.05, 0) is 42.8 Å². The average Bonchev–Trinajstić information content (AvgIpc) is 2.73. The van der Waals surface area contributed by atoms with Crippen LogP contribution < -0.4 is 15.7 Å². The van der Waals surface area contributed by atoms with Gasteiger partial charge in [0.1, 0.15) is 11.6 Å². The highest BCUT2D eigenvalue weighted by Gasteiger charge is 2.31. The Labute approximate surface area is 176 Å². The van der Waals surface area contributed by atoms with Gasteiger partial charge in [-0.3, -0.25) is 15.0 Å². The summed E-state index contributed by atoms with van der Waals surface area (Å²) in [5.74, 6) is -0.578. The summed E-state index contributed by atoms with van der Waals surface area (Å²) in [6.07, 6.45) is -4.55. The Kier molecular flexibility index (Phi) is 6.06. The largest absolute Gasteiger partial charge is 0.497 e. The summed E-state index contributed by atoms with van der Waals surface area (Å²) in [5.41, 5.74) is 1.68. The van der Waals surface area contributed by atoms with E-state index in [4.69, 9.17) is 4.74 Å². The van der Waals surface area contributed by atoms with Gasteiger partial charge in [0.25, 0.3) is 5.56 Å². The lowest BCUT2D eigenvalue weighted by atomic mass is 10.0. The summed E-state index contributed by atoms with van der Waals surface area (Å²) in [6, 6.07) is 9.68. The molecule has 1 heterocycles. The fourth-order valence-corrected chi connectivity index (χ4v) is 3.13. The van der Waals surface area contributed by atoms with Crippen molar-refractivity contribution in [2.75, 3.05) is 12.5 Å². The summed E-state index contributed by atoms with van der Waals surface area (Å²) in [4.78, 5) is 30.1. The highest BCUT2D eigenvalue weighted by atomic mass is 19.4. The van der Waals surface area contributed by atoms with Gasteiger partial charge in [-0.2, -0.15) is 13.2 Å². The van der Waals surface area contributed by atoms with E-state index in [0.29, 0.717) is 11.3 Å². The van der Waals surface area contributed by atoms with Crippen molar-refractivity contribution in [1.82, 2.24) is 9.66 Å². The molecule has 164 valence electrons. The third kappa shape index (κ3) is 4.55. The molecular weight excluding hydrogens is 411 g/mol. The van der Waals surface area contributed by atoms with Crippen molar-refractivity contribution in [3.05, 3.63) is 69.8 Å². The van der Waals surface area contributed by atoms with Gasteiger partial charge in [-0.1, -0.05) is 26.0 Å². The van der Waals surface area contributed by atoms with Crippen molar-refractivity contribution >= 4 is 16.8 Å². The molecule has 0 aliphatic rings. The van der Waals surface area contributed by atoms with E-state index < -0.39 is 29.1 Å². The van der Waals surface area contributed by atoms with E-state index in [1.54, 1.807) is 45.0 Å². The lowest BCUT2D eigenvalue weighted by Gasteiger charge is -2.19. The molecule has 3 aromatic rings. The minimum absolute atomic E-state index is 0.0187. The number of aromatic nitrogens is 2. The number of amides is 1. The summed E-state index contributed by atoms with van der Waals surface area (Å²) >= 11 is 0. The van der Waals surface area contributed by atoms with E-state index in [1.165, 1.54) is 7.11 Å². The second kappa shape index (κ2) is 8.41. The van der Waals surface area contributed by atoms with E-state index >= 15 is 0 Å². The maximum absolute atomic E-state index is 13.0. The second-order valence-electron chi connectivity index (χ2n) is 7.47. The Morgan fingerprint density at radius 3 is 2.29 bits per heavy atom. The fraction of sp³-hybridized carbons (Fsp3) is 0.318. The molecule has 1 unspecified atom stereocenters. The molecule has 0 bridgehead atoms. The highest BCUT2D eigenvalue weighted by Crippen LogP contribution is 2.30. The molecule has 0 spiro atoms. The quantitative estimate of drug-likeness (QED) is 0.647. The number of fused-ring (bicyclic) bond motifs is 1. The standard InChI is InChI=1S/C22H22F3N3O3/c1-12(2)19-26-18-11-15(22(23,24)25)7-10-17(18)21(30)28(19)27-20(29)13(3)14-5-8-16(31-4)9-6-14/h5-13H,1-4H3,(H,27,29). The Morgan fingerprint density at radius 1 is 1.10 bits per heavy atom. The number of nitrogens with one attached hydrogen (secondary N) is 1. The van der Waals surface area contributed by atoms with Gasteiger partial charge >= 0.3 is 6.18 Å². The normalized spacial score (nSPS) is 12.8. The maximum atomic E-state index is 13.0. The van der Waals surface area contributed by atoms with E-state index in [9.17, 15) is 22.8 Å². The number of methoxy groups -OCH3 is 1. The predicted molar refractivity (Wildman–Crippen MR) is 111 cm³/mol. The number of hydrogen-bond donors (Lipinski definition) is 1. The van der Waals surface area contributed by atoms with Crippen LogP contribution in [0.1, 0.15) is 49.6 Å². The summed E-state index contributed by atoms with van der Waals surface area (Å²) in [5, 5.41) is -0.0187. The molecule has 0 aliphatic carbocycles. The Morgan fingerprint density at radius 2 is 1.74 bits per heavy atom. The molecule has 3 rings (SSSR count). The lowest BCUT2D eigenvalue weighted by Crippen LogP contribution is -2.38. The van der Waals surface area contributed by atoms with Gasteiger partial charge in [-0.25, -0.2) is 9.66 Å². The van der Waals surface area contributed by atoms with E-state index in [0.717, 1.165) is 22.9 Å². The summed E-state index contributed by atoms with van der Waals surface area (Å²) in [6.45, 7) is 5.15. The molecule has 0 fully saturated rings. The van der Waals surface area contributed by atoms with Crippen molar-refractivity contribution in [2.24, 2.45) is 0 Å². The smallest absolute Gasteiger partial charge is 0.416 e. The van der Waals surface area contributed by atoms with Crippen LogP contribution in [0.5, 0.6) is 5.75 Å². The predicted octanol–water partition coefficient (Wildman–Crippen LogP) is 4.42. The summed E-state index contributed by atoms with van der Waals surface area (Å²) < 4.78 is 45.3. The van der Waals surface area contributed by atoms with Gasteiger partial charge in [0.15, 0.2) is 0 Å². The number of benzene rings is 2. The third-order valence-electron chi connectivity index (χ3n) is 4.97. The van der Waals surface area contributed by atoms with Crippen molar-refractivity contribution in [2.45, 2.75) is 38.8 Å². The number of hydrogen-bond acceptors (Lipinski definition) is 4. The number of nitrogens with zero attached hydrogens (tertiary/aromatic N) is 2. The van der Waals surface area contributed by atoms with Crippen LogP contribution in [-0.2, 0) is 11.0 Å². The molecule has 0 radical (unpaired) electrons. The first-order valence-corrected chi connectivity index (χ1v) is 9.61. The van der Waals surface area contributed by atoms with Crippen LogP contribution in [0.4, 0.5) is 13.2 Å². The zero-order valence-electron chi connectivity index (χ0n) is 17.4. The average molecular weight is 433 g/mol. The van der Waals surface area contributed by atoms with Crippen LogP contribution in [0.25, 0.3) is 10.9 Å². The number of ether oxygens (including phenoxy) is 1. The van der Waals surface area contributed by atoms with Crippen molar-refractivity contribution in [1.29, 1.82) is 0 Å². The molecule has 2 aromatic carbocycles. The van der Waals surface area contributed by atoms with Crippen LogP contribution >= 0.6 is 0 Å². The molecule has 0 saturated heterocycles. The van der Waals surface area contributed by atoms with Crippen molar-refractivity contribution in [3.63, 3.8) is 0 Å². The molecule has 9 heteroatoms. The SMILES string of the molecule is COc1ccc(C(C)C(=O)Nn2c(C(C)C)nc3cc(C(F)(F)F)ccc3c2=O)cc1. The minimum atomic E-state index is -4.55. The van der Waals surface area contributed by atoms with Gasteiger partial charge in [0.05, 0.1) is 29.5 Å². The zero-order valence-corrected chi connectivity index (χ0v) is 17.4. The van der Waals surface area contributed by atoms with Gasteiger partial charge in [0.2, 0.25) is 5.91 Å². The Hall–Kier alpha value is -3.36. The number of rotatable bonds is 5. The second-order valence-corrected chi connectivity index (χ2v) is 7.47. The molecule has 6 nitrogen and oxygen atoms in total. The number of carbonyl (C=O) groups is 1. The summed E-state index contributed by atoms with van der Waals surface area (Å²) in [7, 11) is 1.54. The van der Waals surface area contributed by atoms with Gasteiger partial charge < -0.3 is 4.74 Å². The van der Waals surface area contributed by atoms with Crippen LogP contribution in [0, 0.1) is 0 Å². The molecule has 1 amide bonds. The van der Waals surface area contributed by atoms with Crippen molar-refractivity contribution in [3.8, 4) is 5.75 Å². The molecule has 31 heavy (non-hydrogen) atoms. The first-order chi connectivity index (χ1) is 14.5. The number of halogens is 3. The van der Waals surface area contributed by atoms with Crippen molar-refractivity contribution < 1.29 is 22.7 Å². The minimum Gasteiger partial charge on any atom is -0.497 e. The lowest BCUT2D eigenvalue weighted by molar-refractivity contribution is -0.137. The molecule has 1 N–H and O–H groups in total. The van der Waals surface area contributed by atoms with E-state index in [-0.39, 0.29) is 22.6 Å². The first kappa shape index (κ1) is 22.3. The molecular formula is C22H22F3N3O3. The van der Waals surface area contributed by atoms with Crippen LogP contribution in [0.2, 0.25) is 0 Å². The Balaban J connectivity index is 2.02. The van der Waals surface area contributed by atoms with Crippen LogP contribution in [-0.4, -0.2) is 22.7 Å². The zero-order chi connectivity index (χ0) is 22.9. The molecule has 0 aliphatic heterocycles. The molecule has 1 atom stereocenters. The molecule has 0 saturated carbocycles. The topological polar surface area (TPSA) is 73.2 Å². The first-order valence-electron chi connectivity index (χ1n) is 9.61. The fourth-order valence-electron chi connectivity index (χ4n) is 3.13. The Bertz CT molecular complexity index is 1170. The maximum Gasteiger partial charge on any atom is 0.416 e. The van der Waals surface area contributed by atoms with E-state index in [1.807, 2.05) is 0 Å². The van der Waals surface area contributed by atoms with Crippen LogP contribution in [0.15, 0.2) is 47.3 Å². The van der Waals surface area contributed by atoms with E-state index in [2.05, 4.69) is 10.4 Å².